The Morgan fingerprint density at radius 3 is 2.25 bits per heavy atom. The van der Waals surface area contributed by atoms with E-state index in [-0.39, 0.29) is 12.8 Å². The minimum absolute atomic E-state index is 0.162. The summed E-state index contributed by atoms with van der Waals surface area (Å²) in [6.07, 6.45) is 1.69. The third-order valence-corrected chi connectivity index (χ3v) is 4.98. The maximum Gasteiger partial charge on any atom is 0.326 e. The van der Waals surface area contributed by atoms with Gasteiger partial charge in [0.1, 0.15) is 12.1 Å². The number of carbonyl (C=O) groups is 5. The Bertz CT molecular complexity index is 807. The molecular formula is C20H29N5O6S. The van der Waals surface area contributed by atoms with Crippen LogP contribution in [-0.4, -0.2) is 71.4 Å². The Morgan fingerprint density at radius 1 is 1.03 bits per heavy atom. The number of benzene rings is 1. The first-order chi connectivity index (χ1) is 15.1. The molecule has 1 aromatic rings. The lowest BCUT2D eigenvalue weighted by Gasteiger charge is -2.21. The van der Waals surface area contributed by atoms with Gasteiger partial charge in [0, 0.05) is 0 Å². The minimum atomic E-state index is -1.38. The van der Waals surface area contributed by atoms with Crippen LogP contribution in [0, 0.1) is 0 Å². The number of rotatable bonds is 14. The maximum atomic E-state index is 12.4. The molecule has 1 rings (SSSR count). The average molecular weight is 468 g/mol. The molecule has 176 valence electrons. The van der Waals surface area contributed by atoms with Gasteiger partial charge < -0.3 is 32.5 Å². The molecule has 4 amide bonds. The Balaban J connectivity index is 2.62. The predicted octanol–water partition coefficient (Wildman–Crippen LogP) is -1.64. The summed E-state index contributed by atoms with van der Waals surface area (Å²) in [5.74, 6) is -3.81. The molecule has 1 aromatic carbocycles. The first kappa shape index (κ1) is 26.9. The summed E-state index contributed by atoms with van der Waals surface area (Å²) >= 11 is 1.41. The van der Waals surface area contributed by atoms with Crippen molar-refractivity contribution >= 4 is 41.4 Å². The molecule has 12 heteroatoms. The summed E-state index contributed by atoms with van der Waals surface area (Å²) in [5.41, 5.74) is 11.8. The van der Waals surface area contributed by atoms with Gasteiger partial charge in [-0.05, 0) is 30.4 Å². The Labute approximate surface area is 190 Å². The van der Waals surface area contributed by atoms with E-state index in [2.05, 4.69) is 16.0 Å². The van der Waals surface area contributed by atoms with Crippen molar-refractivity contribution in [3.05, 3.63) is 35.9 Å². The third kappa shape index (κ3) is 10.3. The van der Waals surface area contributed by atoms with Gasteiger partial charge in [-0.3, -0.25) is 19.2 Å². The van der Waals surface area contributed by atoms with Crippen LogP contribution in [-0.2, 0) is 30.4 Å². The zero-order valence-electron chi connectivity index (χ0n) is 17.7. The smallest absolute Gasteiger partial charge is 0.326 e. The fourth-order valence-electron chi connectivity index (χ4n) is 2.68. The monoisotopic (exact) mass is 467 g/mol. The molecule has 0 fully saturated rings. The van der Waals surface area contributed by atoms with Crippen molar-refractivity contribution in [2.24, 2.45) is 11.5 Å². The van der Waals surface area contributed by atoms with Gasteiger partial charge in [-0.2, -0.15) is 11.8 Å². The zero-order valence-corrected chi connectivity index (χ0v) is 18.5. The van der Waals surface area contributed by atoms with E-state index in [0.29, 0.717) is 5.75 Å². The summed E-state index contributed by atoms with van der Waals surface area (Å²) in [6.45, 7) is -0.487. The fraction of sp³-hybridized carbons (Fsp3) is 0.450. The lowest BCUT2D eigenvalue weighted by Crippen LogP contribution is -2.54. The Hall–Kier alpha value is -3.12. The van der Waals surface area contributed by atoms with Crippen molar-refractivity contribution in [2.75, 3.05) is 18.6 Å². The molecule has 3 atom stereocenters. The van der Waals surface area contributed by atoms with Crippen LogP contribution in [0.5, 0.6) is 0 Å². The van der Waals surface area contributed by atoms with Crippen LogP contribution in [0.25, 0.3) is 0 Å². The highest BCUT2D eigenvalue weighted by atomic mass is 32.2. The normalized spacial score (nSPS) is 13.3. The summed E-state index contributed by atoms with van der Waals surface area (Å²) < 4.78 is 0. The molecule has 0 heterocycles. The van der Waals surface area contributed by atoms with Crippen LogP contribution >= 0.6 is 11.8 Å². The number of primary amides is 1. The molecule has 32 heavy (non-hydrogen) atoms. The molecule has 0 aromatic heterocycles. The number of nitrogens with two attached hydrogens (primary N) is 2. The number of hydrogen-bond acceptors (Lipinski definition) is 7. The van der Waals surface area contributed by atoms with Gasteiger partial charge in [0.2, 0.25) is 23.6 Å². The van der Waals surface area contributed by atoms with Gasteiger partial charge in [-0.1, -0.05) is 30.3 Å². The molecule has 0 aliphatic heterocycles. The van der Waals surface area contributed by atoms with Gasteiger partial charge >= 0.3 is 5.97 Å². The number of hydrogen-bond donors (Lipinski definition) is 6. The average Bonchev–Trinajstić information content (AvgIpc) is 2.74. The van der Waals surface area contributed by atoms with Crippen molar-refractivity contribution in [1.29, 1.82) is 0 Å². The number of carboxylic acid groups (broad SMARTS) is 1. The van der Waals surface area contributed by atoms with E-state index in [1.807, 2.05) is 30.3 Å². The first-order valence-electron chi connectivity index (χ1n) is 9.81. The molecule has 0 radical (unpaired) electrons. The van der Waals surface area contributed by atoms with Gasteiger partial charge in [-0.25, -0.2) is 4.79 Å². The van der Waals surface area contributed by atoms with Crippen LogP contribution in [0.1, 0.15) is 18.4 Å². The molecule has 11 nitrogen and oxygen atoms in total. The number of aliphatic carboxylic acids is 1. The van der Waals surface area contributed by atoms with Crippen LogP contribution < -0.4 is 27.4 Å². The summed E-state index contributed by atoms with van der Waals surface area (Å²) in [4.78, 5) is 59.4. The van der Waals surface area contributed by atoms with E-state index in [1.165, 1.54) is 11.8 Å². The zero-order chi connectivity index (χ0) is 24.1. The summed E-state index contributed by atoms with van der Waals surface area (Å²) in [5, 5.41) is 16.2. The van der Waals surface area contributed by atoms with E-state index in [9.17, 15) is 29.1 Å². The largest absolute Gasteiger partial charge is 0.480 e. The molecule has 0 saturated carbocycles. The fourth-order valence-corrected chi connectivity index (χ4v) is 3.15. The summed E-state index contributed by atoms with van der Waals surface area (Å²) in [7, 11) is 0. The Kier molecular flexibility index (Phi) is 11.8. The SMILES string of the molecule is CSCCC(NC(=O)C(CC(N)=O)NC(=O)CNC(=O)C(N)Cc1ccccc1)C(=O)O. The second kappa shape index (κ2) is 14.0. The highest BCUT2D eigenvalue weighted by Gasteiger charge is 2.27. The van der Waals surface area contributed by atoms with Crippen molar-refractivity contribution in [1.82, 2.24) is 16.0 Å². The summed E-state index contributed by atoms with van der Waals surface area (Å²) in [6, 6.07) is 5.64. The van der Waals surface area contributed by atoms with Gasteiger partial charge in [0.05, 0.1) is 19.0 Å². The third-order valence-electron chi connectivity index (χ3n) is 4.34. The van der Waals surface area contributed by atoms with E-state index in [0.717, 1.165) is 5.56 Å². The molecule has 0 bridgehead atoms. The number of nitrogens with one attached hydrogen (secondary N) is 3. The lowest BCUT2D eigenvalue weighted by molar-refractivity contribution is -0.142. The van der Waals surface area contributed by atoms with E-state index >= 15 is 0 Å². The van der Waals surface area contributed by atoms with Crippen LogP contribution in [0.3, 0.4) is 0 Å². The quantitative estimate of drug-likeness (QED) is 0.187. The number of carboxylic acids is 1. The van der Waals surface area contributed by atoms with E-state index < -0.39 is 60.7 Å². The standard InChI is InChI=1S/C20H29N5O6S/c1-32-8-7-14(20(30)31)25-19(29)15(10-16(22)26)24-17(27)11-23-18(28)13(21)9-12-5-3-2-4-6-12/h2-6,13-15H,7-11,21H2,1H3,(H2,22,26)(H,23,28)(H,24,27)(H,25,29)(H,30,31). The van der Waals surface area contributed by atoms with Gasteiger partial charge in [0.15, 0.2) is 0 Å². The van der Waals surface area contributed by atoms with Crippen molar-refractivity contribution in [3.63, 3.8) is 0 Å². The number of carbonyl (C=O) groups excluding carboxylic acids is 4. The molecular weight excluding hydrogens is 438 g/mol. The van der Waals surface area contributed by atoms with Crippen molar-refractivity contribution in [3.8, 4) is 0 Å². The lowest BCUT2D eigenvalue weighted by atomic mass is 10.1. The van der Waals surface area contributed by atoms with E-state index in [1.54, 1.807) is 6.26 Å². The number of thioether (sulfide) groups is 1. The van der Waals surface area contributed by atoms with Crippen molar-refractivity contribution in [2.45, 2.75) is 37.4 Å². The van der Waals surface area contributed by atoms with Crippen LogP contribution in [0.2, 0.25) is 0 Å². The van der Waals surface area contributed by atoms with Crippen molar-refractivity contribution < 1.29 is 29.1 Å². The highest BCUT2D eigenvalue weighted by Crippen LogP contribution is 2.03. The van der Waals surface area contributed by atoms with Gasteiger partial charge in [0.25, 0.3) is 0 Å². The molecule has 8 N–H and O–H groups in total. The molecule has 0 spiro atoms. The number of amides is 4. The first-order valence-corrected chi connectivity index (χ1v) is 11.2. The van der Waals surface area contributed by atoms with E-state index in [4.69, 9.17) is 11.5 Å². The minimum Gasteiger partial charge on any atom is -0.480 e. The second-order valence-corrected chi connectivity index (χ2v) is 7.97. The molecule has 0 aliphatic carbocycles. The molecule has 0 saturated heterocycles. The van der Waals surface area contributed by atoms with Crippen LogP contribution in [0.4, 0.5) is 0 Å². The second-order valence-electron chi connectivity index (χ2n) is 6.99. The molecule has 0 aliphatic rings. The topological polar surface area (TPSA) is 194 Å². The Morgan fingerprint density at radius 2 is 1.69 bits per heavy atom. The highest BCUT2D eigenvalue weighted by molar-refractivity contribution is 7.98. The maximum absolute atomic E-state index is 12.4. The molecule has 3 unspecified atom stereocenters. The predicted molar refractivity (Wildman–Crippen MR) is 119 cm³/mol. The van der Waals surface area contributed by atoms with Gasteiger partial charge in [-0.15, -0.1) is 0 Å². The van der Waals surface area contributed by atoms with Crippen LogP contribution in [0.15, 0.2) is 30.3 Å².